The molecule has 3 heteroatoms. The van der Waals surface area contributed by atoms with E-state index in [4.69, 9.17) is 10.5 Å². The van der Waals surface area contributed by atoms with Crippen molar-refractivity contribution in [2.75, 3.05) is 27.3 Å². The predicted octanol–water partition coefficient (Wildman–Crippen LogP) is 1.72. The van der Waals surface area contributed by atoms with Crippen molar-refractivity contribution < 1.29 is 4.74 Å². The van der Waals surface area contributed by atoms with E-state index in [-0.39, 0.29) is 0 Å². The molecule has 0 aliphatic heterocycles. The van der Waals surface area contributed by atoms with Crippen molar-refractivity contribution in [1.82, 2.24) is 4.90 Å². The van der Waals surface area contributed by atoms with E-state index in [1.54, 1.807) is 7.11 Å². The summed E-state index contributed by atoms with van der Waals surface area (Å²) in [5.74, 6) is 0.638. The van der Waals surface area contributed by atoms with E-state index in [2.05, 4.69) is 32.7 Å². The zero-order valence-electron chi connectivity index (χ0n) is 11.5. The Balaban J connectivity index is 2.43. The second kappa shape index (κ2) is 5.48. The van der Waals surface area contributed by atoms with Crippen LogP contribution < -0.4 is 5.73 Å². The molecule has 0 radical (unpaired) electrons. The molecule has 1 aliphatic carbocycles. The number of nitrogens with two attached hydrogens (primary N) is 1. The van der Waals surface area contributed by atoms with Gasteiger partial charge in [-0.2, -0.15) is 0 Å². The van der Waals surface area contributed by atoms with Crippen LogP contribution in [0.5, 0.6) is 0 Å². The highest BCUT2D eigenvalue weighted by Gasteiger charge is 2.39. The molecule has 0 amide bonds. The smallest absolute Gasteiger partial charge is 0.0615 e. The minimum atomic E-state index is 0.315. The van der Waals surface area contributed by atoms with E-state index in [0.717, 1.165) is 13.2 Å². The van der Waals surface area contributed by atoms with Crippen molar-refractivity contribution in [3.05, 3.63) is 0 Å². The lowest BCUT2D eigenvalue weighted by Gasteiger charge is -2.31. The van der Waals surface area contributed by atoms with Crippen LogP contribution in [0.25, 0.3) is 0 Å². The molecule has 16 heavy (non-hydrogen) atoms. The molecule has 0 spiro atoms. The van der Waals surface area contributed by atoms with Gasteiger partial charge in [-0.3, -0.25) is 0 Å². The Labute approximate surface area is 100 Å². The van der Waals surface area contributed by atoms with Gasteiger partial charge in [0, 0.05) is 25.7 Å². The van der Waals surface area contributed by atoms with Gasteiger partial charge in [0.25, 0.3) is 0 Å². The Morgan fingerprint density at radius 2 is 2.12 bits per heavy atom. The van der Waals surface area contributed by atoms with Gasteiger partial charge in [-0.15, -0.1) is 0 Å². The number of hydrogen-bond donors (Lipinski definition) is 1. The first-order valence-corrected chi connectivity index (χ1v) is 6.33. The highest BCUT2D eigenvalue weighted by Crippen LogP contribution is 2.40. The summed E-state index contributed by atoms with van der Waals surface area (Å²) in [5, 5.41) is 0. The average molecular weight is 228 g/mol. The number of rotatable bonds is 5. The second-order valence-electron chi connectivity index (χ2n) is 6.06. The van der Waals surface area contributed by atoms with Crippen LogP contribution in [-0.2, 0) is 4.74 Å². The summed E-state index contributed by atoms with van der Waals surface area (Å²) < 4.78 is 5.18. The molecule has 96 valence electrons. The van der Waals surface area contributed by atoms with E-state index in [9.17, 15) is 0 Å². The van der Waals surface area contributed by atoms with Gasteiger partial charge in [-0.25, -0.2) is 0 Å². The molecule has 0 aromatic carbocycles. The SMILES string of the molecule is COCC(C)N(C)CC1CCC(C)(C)C1N. The van der Waals surface area contributed by atoms with Gasteiger partial charge in [0.05, 0.1) is 6.61 Å². The fourth-order valence-corrected chi connectivity index (χ4v) is 2.66. The zero-order chi connectivity index (χ0) is 12.3. The molecule has 0 bridgehead atoms. The topological polar surface area (TPSA) is 38.5 Å². The van der Waals surface area contributed by atoms with Crippen molar-refractivity contribution in [3.63, 3.8) is 0 Å². The summed E-state index contributed by atoms with van der Waals surface area (Å²) >= 11 is 0. The minimum Gasteiger partial charge on any atom is -0.383 e. The normalized spacial score (nSPS) is 30.9. The van der Waals surface area contributed by atoms with Crippen LogP contribution in [0.2, 0.25) is 0 Å². The van der Waals surface area contributed by atoms with Gasteiger partial charge in [0.1, 0.15) is 0 Å². The molecule has 1 aliphatic rings. The van der Waals surface area contributed by atoms with E-state index in [0.29, 0.717) is 23.4 Å². The third kappa shape index (κ3) is 3.19. The van der Waals surface area contributed by atoms with Crippen LogP contribution in [0.3, 0.4) is 0 Å². The molecule has 1 rings (SSSR count). The van der Waals surface area contributed by atoms with E-state index in [1.165, 1.54) is 12.8 Å². The Bertz CT molecular complexity index is 218. The predicted molar refractivity (Wildman–Crippen MR) is 68.4 cm³/mol. The monoisotopic (exact) mass is 228 g/mol. The van der Waals surface area contributed by atoms with Gasteiger partial charge < -0.3 is 15.4 Å². The maximum Gasteiger partial charge on any atom is 0.0615 e. The molecule has 0 aromatic heterocycles. The van der Waals surface area contributed by atoms with Crippen LogP contribution in [-0.4, -0.2) is 44.3 Å². The fourth-order valence-electron chi connectivity index (χ4n) is 2.66. The Kier molecular flexibility index (Phi) is 4.77. The quantitative estimate of drug-likeness (QED) is 0.778. The maximum atomic E-state index is 6.32. The lowest BCUT2D eigenvalue weighted by molar-refractivity contribution is 0.102. The van der Waals surface area contributed by atoms with Crippen molar-refractivity contribution >= 4 is 0 Å². The summed E-state index contributed by atoms with van der Waals surface area (Å²) in [7, 11) is 3.93. The number of nitrogens with zero attached hydrogens (tertiary/aromatic N) is 1. The van der Waals surface area contributed by atoms with Gasteiger partial charge in [-0.05, 0) is 38.1 Å². The van der Waals surface area contributed by atoms with Crippen LogP contribution in [0, 0.1) is 11.3 Å². The van der Waals surface area contributed by atoms with E-state index in [1.807, 2.05) is 0 Å². The Morgan fingerprint density at radius 3 is 2.56 bits per heavy atom. The van der Waals surface area contributed by atoms with Crippen LogP contribution >= 0.6 is 0 Å². The minimum absolute atomic E-state index is 0.315. The third-order valence-electron chi connectivity index (χ3n) is 4.25. The number of likely N-dealkylation sites (N-methyl/N-ethyl adjacent to an activating group) is 1. The Hall–Kier alpha value is -0.120. The third-order valence-corrected chi connectivity index (χ3v) is 4.25. The molecule has 0 aromatic rings. The molecular weight excluding hydrogens is 200 g/mol. The lowest BCUT2D eigenvalue weighted by atomic mass is 9.85. The molecule has 3 nitrogen and oxygen atoms in total. The Morgan fingerprint density at radius 1 is 1.50 bits per heavy atom. The van der Waals surface area contributed by atoms with Gasteiger partial charge in [0.2, 0.25) is 0 Å². The molecule has 3 unspecified atom stereocenters. The summed E-state index contributed by atoms with van der Waals surface area (Å²) in [5.41, 5.74) is 6.64. The highest BCUT2D eigenvalue weighted by molar-refractivity contribution is 4.95. The van der Waals surface area contributed by atoms with Crippen molar-refractivity contribution in [1.29, 1.82) is 0 Å². The van der Waals surface area contributed by atoms with Crippen molar-refractivity contribution in [2.24, 2.45) is 17.1 Å². The van der Waals surface area contributed by atoms with Crippen molar-refractivity contribution in [3.8, 4) is 0 Å². The molecular formula is C13H28N2O. The summed E-state index contributed by atoms with van der Waals surface area (Å²) in [6.45, 7) is 8.67. The number of hydrogen-bond acceptors (Lipinski definition) is 3. The lowest BCUT2D eigenvalue weighted by Crippen LogP contribution is -2.44. The second-order valence-corrected chi connectivity index (χ2v) is 6.06. The largest absolute Gasteiger partial charge is 0.383 e. The molecule has 0 heterocycles. The van der Waals surface area contributed by atoms with Crippen LogP contribution in [0.15, 0.2) is 0 Å². The first kappa shape index (κ1) is 13.9. The molecule has 2 N–H and O–H groups in total. The fraction of sp³-hybridized carbons (Fsp3) is 1.00. The van der Waals surface area contributed by atoms with Crippen molar-refractivity contribution in [2.45, 2.75) is 45.7 Å². The van der Waals surface area contributed by atoms with Crippen LogP contribution in [0.1, 0.15) is 33.6 Å². The van der Waals surface area contributed by atoms with E-state index >= 15 is 0 Å². The maximum absolute atomic E-state index is 6.32. The summed E-state index contributed by atoms with van der Waals surface area (Å²) in [6.07, 6.45) is 2.52. The summed E-state index contributed by atoms with van der Waals surface area (Å²) in [6, 6.07) is 0.811. The molecule has 3 atom stereocenters. The van der Waals surface area contributed by atoms with Gasteiger partial charge in [0.15, 0.2) is 0 Å². The standard InChI is InChI=1S/C13H28N2O/c1-10(9-16-5)15(4)8-11-6-7-13(2,3)12(11)14/h10-12H,6-9,14H2,1-5H3. The van der Waals surface area contributed by atoms with Crippen LogP contribution in [0.4, 0.5) is 0 Å². The average Bonchev–Trinajstić information content (AvgIpc) is 2.45. The molecule has 0 saturated heterocycles. The molecule has 1 saturated carbocycles. The number of methoxy groups -OCH3 is 1. The highest BCUT2D eigenvalue weighted by atomic mass is 16.5. The number of ether oxygens (including phenoxy) is 1. The first-order valence-electron chi connectivity index (χ1n) is 6.33. The van der Waals surface area contributed by atoms with Gasteiger partial charge in [-0.1, -0.05) is 13.8 Å². The first-order chi connectivity index (χ1) is 7.38. The zero-order valence-corrected chi connectivity index (χ0v) is 11.5. The van der Waals surface area contributed by atoms with Gasteiger partial charge >= 0.3 is 0 Å². The van der Waals surface area contributed by atoms with E-state index < -0.39 is 0 Å². The summed E-state index contributed by atoms with van der Waals surface area (Å²) in [4.78, 5) is 2.37. The molecule has 1 fully saturated rings.